The Hall–Kier alpha value is -13.2. The van der Waals surface area contributed by atoms with Crippen molar-refractivity contribution in [3.05, 3.63) is 391 Å². The number of fused-ring (bicyclic) bond motifs is 21. The summed E-state index contributed by atoms with van der Waals surface area (Å²) in [6, 6.07) is 135. The van der Waals surface area contributed by atoms with Gasteiger partial charge in [0.15, 0.2) is 0 Å². The molecule has 4 nitrogen and oxygen atoms in total. The Kier molecular flexibility index (Phi) is 14.8. The van der Waals surface area contributed by atoms with E-state index in [9.17, 15) is 0 Å². The molecule has 0 bridgehead atoms. The summed E-state index contributed by atoms with van der Waals surface area (Å²) in [5, 5.41) is 4.97. The Morgan fingerprint density at radius 2 is 0.579 bits per heavy atom. The lowest BCUT2D eigenvalue weighted by molar-refractivity contribution is 0.590. The minimum Gasteiger partial charge on any atom is -0.310 e. The van der Waals surface area contributed by atoms with Crippen molar-refractivity contribution in [2.75, 3.05) is 9.80 Å². The molecule has 0 saturated carbocycles. The molecule has 5 heteroatoms. The Morgan fingerprint density at radius 1 is 0.254 bits per heavy atom. The fraction of sp³-hybridized carbons (Fsp3) is 0.119. The van der Waals surface area contributed by atoms with Crippen LogP contribution >= 0.6 is 0 Å². The van der Waals surface area contributed by atoms with Gasteiger partial charge in [0.05, 0.1) is 38.9 Å². The number of aromatic nitrogens is 2. The van der Waals surface area contributed by atoms with Crippen molar-refractivity contribution in [3.8, 4) is 78.1 Å². The quantitative estimate of drug-likeness (QED) is 0.141. The lowest BCUT2D eigenvalue weighted by Crippen LogP contribution is -2.61. The van der Waals surface area contributed by atoms with Gasteiger partial charge in [-0.15, -0.1) is 0 Å². The van der Waals surface area contributed by atoms with Gasteiger partial charge in [0.1, 0.15) is 0 Å². The first-order valence-electron chi connectivity index (χ1n) is 40.5. The van der Waals surface area contributed by atoms with E-state index in [1.54, 1.807) is 0 Å². The Bertz CT molecular complexity index is 6800. The van der Waals surface area contributed by atoms with Crippen LogP contribution in [0.15, 0.2) is 352 Å². The molecule has 0 fully saturated rings. The molecule has 2 aliphatic heterocycles. The van der Waals surface area contributed by atoms with Gasteiger partial charge in [0, 0.05) is 77.9 Å². The summed E-state index contributed by atoms with van der Waals surface area (Å²) in [4.78, 5) is 5.51. The van der Waals surface area contributed by atoms with E-state index in [0.29, 0.717) is 0 Å². The summed E-state index contributed by atoms with van der Waals surface area (Å²) in [6.45, 7) is 21.2. The normalized spacial score (nSPS) is 13.7. The Labute approximate surface area is 668 Å². The van der Waals surface area contributed by atoms with Crippen molar-refractivity contribution >= 4 is 101 Å². The monoisotopic (exact) mass is 1460 g/mol. The molecule has 4 aliphatic rings. The number of anilines is 6. The average Bonchev–Trinajstić information content (AvgIpc) is 1.40. The highest BCUT2D eigenvalue weighted by Gasteiger charge is 2.54. The van der Waals surface area contributed by atoms with E-state index in [0.717, 1.165) is 73.3 Å². The van der Waals surface area contributed by atoms with Gasteiger partial charge in [0.25, 0.3) is 6.71 Å². The minimum absolute atomic E-state index is 0.203. The van der Waals surface area contributed by atoms with E-state index in [-0.39, 0.29) is 23.0 Å². The molecule has 0 amide bonds. The van der Waals surface area contributed by atoms with Crippen LogP contribution in [0.3, 0.4) is 0 Å². The van der Waals surface area contributed by atoms with Crippen LogP contribution in [0, 0.1) is 0 Å². The van der Waals surface area contributed by atoms with Crippen molar-refractivity contribution in [1.82, 2.24) is 9.13 Å². The fourth-order valence-corrected chi connectivity index (χ4v) is 20.3. The maximum absolute atomic E-state index is 2.76. The zero-order valence-electron chi connectivity index (χ0n) is 65.9. The van der Waals surface area contributed by atoms with Crippen LogP contribution in [0.5, 0.6) is 0 Å². The number of para-hydroxylation sites is 3. The number of hydrogen-bond donors (Lipinski definition) is 0. The number of rotatable bonds is 8. The van der Waals surface area contributed by atoms with Gasteiger partial charge in [-0.05, 0) is 201 Å². The molecule has 2 aromatic heterocycles. The van der Waals surface area contributed by atoms with Crippen LogP contribution in [-0.4, -0.2) is 15.8 Å². The molecule has 0 saturated heterocycles. The van der Waals surface area contributed by atoms with E-state index in [1.165, 1.54) is 138 Å². The maximum atomic E-state index is 2.76. The second kappa shape index (κ2) is 24.9. The van der Waals surface area contributed by atoms with Crippen molar-refractivity contribution in [1.29, 1.82) is 0 Å². The van der Waals surface area contributed by atoms with E-state index < -0.39 is 5.41 Å². The summed E-state index contributed by atoms with van der Waals surface area (Å²) >= 11 is 0. The molecule has 0 radical (unpaired) electrons. The molecule has 0 atom stereocenters. The van der Waals surface area contributed by atoms with Crippen molar-refractivity contribution < 1.29 is 0 Å². The van der Waals surface area contributed by atoms with Gasteiger partial charge in [-0.1, -0.05) is 329 Å². The average molecular weight is 1460 g/mol. The second-order valence-corrected chi connectivity index (χ2v) is 35.1. The largest absolute Gasteiger partial charge is 0.310 e. The smallest absolute Gasteiger partial charge is 0.252 e. The molecule has 0 N–H and O–H groups in total. The first-order chi connectivity index (χ1) is 55.5. The molecule has 114 heavy (non-hydrogen) atoms. The zero-order chi connectivity index (χ0) is 76.8. The SMILES string of the molecule is CC(C)(C)c1cc(-c2ccccc2)c(N2c3cc(-n4c5ccccc5c5ccccc54)ccc3B3c4ccc(-n5c6ccccc6c6c7c(ccc65)-c5ccccc5C75c6ccccc6-c6ccccc65)cc4N(c4c(-c5ccccc5)cc(C(C)(C)C)cc4-c4ccccc4)c4cc(C(C)(C)C)cc2c43)c(-c2ccccc2)c1. The van der Waals surface area contributed by atoms with Crippen LogP contribution in [-0.2, 0) is 21.7 Å². The number of benzene rings is 16. The van der Waals surface area contributed by atoms with Crippen LogP contribution < -0.4 is 26.2 Å². The maximum Gasteiger partial charge on any atom is 0.252 e. The van der Waals surface area contributed by atoms with E-state index in [1.807, 2.05) is 0 Å². The van der Waals surface area contributed by atoms with E-state index >= 15 is 0 Å². The Morgan fingerprint density at radius 3 is 0.974 bits per heavy atom. The van der Waals surface area contributed by atoms with Gasteiger partial charge in [-0.2, -0.15) is 0 Å². The molecular formula is C109H85BN4. The molecule has 1 spiro atoms. The standard InChI is InChI=1S/C109H85BN4/c1-106(2,3)72-60-84(68-34-14-10-15-35-68)104(85(61-72)69-36-16-11-17-37-69)113-97-66-75(111-93-51-31-25-45-80(93)81-46-26-32-52-94(81)111)54-57-91(97)110-92-58-55-76(112-95-53-33-27-47-83(95)101-96(112)59-56-82-79-44-24-30-50-90(79)109(102(82)101)88-48-28-22-42-77(88)78-43-23-29-49-89(78)109)67-98(92)114(100-65-74(108(7,8)9)64-99(113)103(100)110)105-86(70-38-18-12-19-39-70)62-73(107(4,5)6)63-87(105)71-40-20-13-21-41-71/h10-67H,1-9H3. The van der Waals surface area contributed by atoms with Gasteiger partial charge < -0.3 is 18.9 Å². The third kappa shape index (κ3) is 9.84. The molecule has 2 aliphatic carbocycles. The topological polar surface area (TPSA) is 16.3 Å². The van der Waals surface area contributed by atoms with Gasteiger partial charge in [-0.25, -0.2) is 0 Å². The predicted octanol–water partition coefficient (Wildman–Crippen LogP) is 26.9. The summed E-state index contributed by atoms with van der Waals surface area (Å²) in [5.74, 6) is 0. The molecule has 4 heterocycles. The minimum atomic E-state index is -0.574. The first-order valence-corrected chi connectivity index (χ1v) is 40.5. The second-order valence-electron chi connectivity index (χ2n) is 35.1. The highest BCUT2D eigenvalue weighted by Crippen LogP contribution is 2.65. The molecular weight excluding hydrogens is 1380 g/mol. The molecule has 0 unspecified atom stereocenters. The van der Waals surface area contributed by atoms with Crippen LogP contribution in [0.2, 0.25) is 0 Å². The number of nitrogens with zero attached hydrogens (tertiary/aromatic N) is 4. The fourth-order valence-electron chi connectivity index (χ4n) is 20.3. The van der Waals surface area contributed by atoms with Crippen molar-refractivity contribution in [2.24, 2.45) is 0 Å². The van der Waals surface area contributed by atoms with Gasteiger partial charge >= 0.3 is 0 Å². The summed E-state index contributed by atoms with van der Waals surface area (Å²) in [5.41, 5.74) is 39.7. The van der Waals surface area contributed by atoms with Crippen molar-refractivity contribution in [2.45, 2.75) is 84.0 Å². The van der Waals surface area contributed by atoms with Crippen molar-refractivity contribution in [3.63, 3.8) is 0 Å². The third-order valence-electron chi connectivity index (χ3n) is 25.5. The van der Waals surface area contributed by atoms with Gasteiger partial charge in [-0.3, -0.25) is 0 Å². The van der Waals surface area contributed by atoms with Gasteiger partial charge in [0.2, 0.25) is 0 Å². The molecule has 22 rings (SSSR count). The van der Waals surface area contributed by atoms with Crippen LogP contribution in [0.25, 0.3) is 122 Å². The van der Waals surface area contributed by atoms with E-state index in [2.05, 4.69) is 433 Å². The molecule has 18 aromatic rings. The highest BCUT2D eigenvalue weighted by molar-refractivity contribution is 7.00. The lowest BCUT2D eigenvalue weighted by Gasteiger charge is -2.47. The van der Waals surface area contributed by atoms with E-state index in [4.69, 9.17) is 0 Å². The predicted molar refractivity (Wildman–Crippen MR) is 483 cm³/mol. The Balaban J connectivity index is 0.904. The summed E-state index contributed by atoms with van der Waals surface area (Å²) in [6.07, 6.45) is 0. The molecule has 16 aromatic carbocycles. The molecule has 544 valence electrons. The summed E-state index contributed by atoms with van der Waals surface area (Å²) in [7, 11) is 0. The lowest BCUT2D eigenvalue weighted by atomic mass is 9.33. The van der Waals surface area contributed by atoms with Crippen LogP contribution in [0.4, 0.5) is 34.1 Å². The number of hydrogen-bond acceptors (Lipinski definition) is 2. The highest BCUT2D eigenvalue weighted by atomic mass is 15.2. The summed E-state index contributed by atoms with van der Waals surface area (Å²) < 4.78 is 5.13. The zero-order valence-corrected chi connectivity index (χ0v) is 65.9. The van der Waals surface area contributed by atoms with Crippen LogP contribution in [0.1, 0.15) is 101 Å². The third-order valence-corrected chi connectivity index (χ3v) is 25.5. The first kappa shape index (κ1) is 67.7.